The zero-order valence-corrected chi connectivity index (χ0v) is 20.1. The number of amidine groups is 1. The Kier molecular flexibility index (Phi) is 8.12. The third-order valence-electron chi connectivity index (χ3n) is 5.83. The molecule has 0 amide bonds. The predicted octanol–water partition coefficient (Wildman–Crippen LogP) is 4.94. The maximum absolute atomic E-state index is 15.1. The van der Waals surface area contributed by atoms with Crippen LogP contribution in [0, 0.1) is 11.2 Å². The lowest BCUT2D eigenvalue weighted by Crippen LogP contribution is -2.58. The van der Waals surface area contributed by atoms with Crippen LogP contribution in [0.25, 0.3) is 10.9 Å². The molecule has 3 rings (SSSR count). The first-order chi connectivity index (χ1) is 16.0. The molecule has 1 saturated heterocycles. The number of hydrogen-bond acceptors (Lipinski definition) is 5. The first-order valence-corrected chi connectivity index (χ1v) is 11.9. The van der Waals surface area contributed by atoms with Crippen LogP contribution in [-0.2, 0) is 6.54 Å². The summed E-state index contributed by atoms with van der Waals surface area (Å²) in [4.78, 5) is 2.61. The number of hydrogen-bond donors (Lipinski definition) is 2. The highest BCUT2D eigenvalue weighted by atomic mass is 32.2. The summed E-state index contributed by atoms with van der Waals surface area (Å²) in [5.74, 6) is -0.378. The van der Waals surface area contributed by atoms with Crippen LogP contribution < -0.4 is 15.1 Å². The van der Waals surface area contributed by atoms with Crippen molar-refractivity contribution in [1.29, 1.82) is 5.41 Å². The van der Waals surface area contributed by atoms with Gasteiger partial charge in [0, 0.05) is 49.6 Å². The average Bonchev–Trinajstić information content (AvgIpc) is 3.17. The normalized spacial score (nSPS) is 18.7. The number of fused-ring (bicyclic) bond motifs is 1. The van der Waals surface area contributed by atoms with E-state index < -0.39 is 29.5 Å². The molecule has 0 spiro atoms. The molecule has 188 valence electrons. The molecule has 1 aromatic heterocycles. The zero-order chi connectivity index (χ0) is 25.2. The molecule has 2 unspecified atom stereocenters. The molecule has 1 aliphatic rings. The van der Waals surface area contributed by atoms with E-state index in [1.54, 1.807) is 20.9 Å². The molecule has 1 aromatic carbocycles. The summed E-state index contributed by atoms with van der Waals surface area (Å²) in [6.45, 7) is 7.43. The van der Waals surface area contributed by atoms with E-state index in [2.05, 4.69) is 17.0 Å². The largest absolute Gasteiger partial charge is 0.409 e. The fourth-order valence-electron chi connectivity index (χ4n) is 3.99. The number of rotatable bonds is 7. The molecule has 2 aromatic rings. The van der Waals surface area contributed by atoms with Crippen LogP contribution in [0.15, 0.2) is 24.8 Å². The van der Waals surface area contributed by atoms with Crippen molar-refractivity contribution in [2.75, 3.05) is 36.5 Å². The van der Waals surface area contributed by atoms with E-state index in [1.165, 1.54) is 21.7 Å². The van der Waals surface area contributed by atoms with Crippen molar-refractivity contribution in [3.05, 3.63) is 30.6 Å². The highest BCUT2D eigenvalue weighted by Gasteiger charge is 2.45. The Morgan fingerprint density at radius 2 is 2.15 bits per heavy atom. The van der Waals surface area contributed by atoms with Crippen LogP contribution in [0.5, 0.6) is 0 Å². The van der Waals surface area contributed by atoms with Crippen molar-refractivity contribution in [1.82, 2.24) is 15.1 Å². The zero-order valence-electron chi connectivity index (χ0n) is 19.3. The molecular formula is C22H29F5N6S. The van der Waals surface area contributed by atoms with E-state index in [-0.39, 0.29) is 35.9 Å². The second-order valence-electron chi connectivity index (χ2n) is 8.15. The van der Waals surface area contributed by atoms with Gasteiger partial charge < -0.3 is 15.1 Å². The SMILES string of the molecule is C=CC[C@@H](F)C(C)SC(=N)N(C)c1c2cc(N3CCNCC3C(F)(F)F)cc(F)c2nn1CC. The van der Waals surface area contributed by atoms with Crippen molar-refractivity contribution in [2.24, 2.45) is 0 Å². The molecule has 2 heterocycles. The van der Waals surface area contributed by atoms with Crippen LogP contribution in [-0.4, -0.2) is 65.3 Å². The molecule has 0 radical (unpaired) electrons. The van der Waals surface area contributed by atoms with Crippen molar-refractivity contribution >= 4 is 39.3 Å². The van der Waals surface area contributed by atoms with E-state index in [9.17, 15) is 17.6 Å². The van der Waals surface area contributed by atoms with Crippen LogP contribution in [0.1, 0.15) is 20.3 Å². The molecule has 34 heavy (non-hydrogen) atoms. The molecule has 2 N–H and O–H groups in total. The predicted molar refractivity (Wildman–Crippen MR) is 128 cm³/mol. The minimum absolute atomic E-state index is 0.00650. The Labute approximate surface area is 199 Å². The maximum Gasteiger partial charge on any atom is 0.409 e. The fourth-order valence-corrected chi connectivity index (χ4v) is 4.84. The summed E-state index contributed by atoms with van der Waals surface area (Å²) in [5.41, 5.74) is 0.105. The van der Waals surface area contributed by atoms with Crippen molar-refractivity contribution < 1.29 is 22.0 Å². The Morgan fingerprint density at radius 3 is 2.76 bits per heavy atom. The average molecular weight is 505 g/mol. The van der Waals surface area contributed by atoms with Gasteiger partial charge in [0.1, 0.15) is 23.5 Å². The monoisotopic (exact) mass is 504 g/mol. The topological polar surface area (TPSA) is 60.2 Å². The summed E-state index contributed by atoms with van der Waals surface area (Å²) in [7, 11) is 1.58. The summed E-state index contributed by atoms with van der Waals surface area (Å²) in [5, 5.41) is 15.3. The highest BCUT2D eigenvalue weighted by Crippen LogP contribution is 2.37. The first kappa shape index (κ1) is 26.3. The molecule has 0 aliphatic carbocycles. The molecule has 3 atom stereocenters. The van der Waals surface area contributed by atoms with Gasteiger partial charge in [-0.2, -0.15) is 18.3 Å². The number of alkyl halides is 4. The van der Waals surface area contributed by atoms with Crippen molar-refractivity contribution in [2.45, 2.75) is 50.5 Å². The summed E-state index contributed by atoms with van der Waals surface area (Å²) in [6.07, 6.45) is -4.06. The van der Waals surface area contributed by atoms with Crippen LogP contribution >= 0.6 is 11.8 Å². The van der Waals surface area contributed by atoms with Crippen LogP contribution in [0.3, 0.4) is 0 Å². The lowest BCUT2D eigenvalue weighted by molar-refractivity contribution is -0.149. The summed E-state index contributed by atoms with van der Waals surface area (Å²) >= 11 is 1.01. The maximum atomic E-state index is 15.1. The second-order valence-corrected chi connectivity index (χ2v) is 9.51. The first-order valence-electron chi connectivity index (χ1n) is 11.0. The van der Waals surface area contributed by atoms with E-state index in [0.29, 0.717) is 24.3 Å². The van der Waals surface area contributed by atoms with Gasteiger partial charge in [0.05, 0.1) is 0 Å². The molecular weight excluding hydrogens is 475 g/mol. The standard InChI is InChI=1S/C22H29F5N6S/c1-5-7-16(23)13(3)34-21(28)31(4)20-15-10-14(11-17(24)19(15)30-33(20)6-2)32-9-8-29-12-18(32)22(25,26)27/h5,10-11,13,16,18,28-29H,1,6-9,12H2,2-4H3/t13?,16-,18?/m1/s1. The van der Waals surface area contributed by atoms with Gasteiger partial charge in [-0.3, -0.25) is 5.41 Å². The van der Waals surface area contributed by atoms with Gasteiger partial charge in [-0.1, -0.05) is 24.8 Å². The van der Waals surface area contributed by atoms with Gasteiger partial charge >= 0.3 is 6.18 Å². The van der Waals surface area contributed by atoms with Gasteiger partial charge in [0.25, 0.3) is 0 Å². The number of halogens is 5. The van der Waals surface area contributed by atoms with Crippen molar-refractivity contribution in [3.8, 4) is 0 Å². The van der Waals surface area contributed by atoms with Gasteiger partial charge in [-0.05, 0) is 25.5 Å². The summed E-state index contributed by atoms with van der Waals surface area (Å²) in [6, 6.07) is 0.778. The number of aryl methyl sites for hydroxylation is 1. The van der Waals surface area contributed by atoms with Crippen molar-refractivity contribution in [3.63, 3.8) is 0 Å². The van der Waals surface area contributed by atoms with Crippen LogP contribution in [0.4, 0.5) is 33.5 Å². The van der Waals surface area contributed by atoms with Gasteiger partial charge in [-0.15, -0.1) is 6.58 Å². The molecule has 1 aliphatic heterocycles. The Morgan fingerprint density at radius 1 is 1.44 bits per heavy atom. The van der Waals surface area contributed by atoms with Gasteiger partial charge in [0.15, 0.2) is 11.0 Å². The third kappa shape index (κ3) is 5.32. The smallest absolute Gasteiger partial charge is 0.357 e. The quantitative estimate of drug-likeness (QED) is 0.242. The fraction of sp³-hybridized carbons (Fsp3) is 0.545. The lowest BCUT2D eigenvalue weighted by atomic mass is 10.1. The van der Waals surface area contributed by atoms with E-state index in [1.807, 2.05) is 0 Å². The van der Waals surface area contributed by atoms with Gasteiger partial charge in [-0.25, -0.2) is 13.5 Å². The van der Waals surface area contributed by atoms with Crippen LogP contribution in [0.2, 0.25) is 0 Å². The Bertz CT molecular complexity index is 1040. The number of nitrogens with zero attached hydrogens (tertiary/aromatic N) is 4. The lowest BCUT2D eigenvalue weighted by Gasteiger charge is -2.38. The number of aromatic nitrogens is 2. The van der Waals surface area contributed by atoms with E-state index >= 15 is 4.39 Å². The van der Waals surface area contributed by atoms with E-state index in [0.717, 1.165) is 22.7 Å². The number of thioether (sulfide) groups is 1. The Balaban J connectivity index is 2.02. The second kappa shape index (κ2) is 10.5. The minimum atomic E-state index is -4.49. The number of piperazine rings is 1. The number of nitrogens with one attached hydrogen (secondary N) is 2. The Hall–Kier alpha value is -2.34. The van der Waals surface area contributed by atoms with Gasteiger partial charge in [0.2, 0.25) is 0 Å². The minimum Gasteiger partial charge on any atom is -0.357 e. The molecule has 0 saturated carbocycles. The molecule has 6 nitrogen and oxygen atoms in total. The number of benzene rings is 1. The molecule has 0 bridgehead atoms. The molecule has 1 fully saturated rings. The summed E-state index contributed by atoms with van der Waals surface area (Å²) < 4.78 is 71.7. The highest BCUT2D eigenvalue weighted by molar-refractivity contribution is 8.14. The molecule has 12 heteroatoms. The number of anilines is 2. The van der Waals surface area contributed by atoms with E-state index in [4.69, 9.17) is 5.41 Å². The number of allylic oxidation sites excluding steroid dienone is 1. The third-order valence-corrected chi connectivity index (χ3v) is 6.99.